The molecule has 1 aliphatic heterocycles. The molecule has 126 valence electrons. The van der Waals surface area contributed by atoms with Gasteiger partial charge < -0.3 is 9.64 Å². The first-order valence-corrected chi connectivity index (χ1v) is 9.14. The van der Waals surface area contributed by atoms with Crippen LogP contribution in [0.15, 0.2) is 54.0 Å². The van der Waals surface area contributed by atoms with Gasteiger partial charge in [0.15, 0.2) is 0 Å². The Morgan fingerprint density at radius 2 is 2.38 bits per heavy atom. The van der Waals surface area contributed by atoms with Crippen LogP contribution in [0.5, 0.6) is 0 Å². The lowest BCUT2D eigenvalue weighted by Gasteiger charge is -2.28. The number of amides is 1. The smallest absolute Gasteiger partial charge is 0.227 e. The van der Waals surface area contributed by atoms with Crippen molar-refractivity contribution >= 4 is 17.2 Å². The molecule has 0 N–H and O–H groups in total. The zero-order valence-corrected chi connectivity index (χ0v) is 14.5. The lowest BCUT2D eigenvalue weighted by atomic mass is 10.0. The zero-order valence-electron chi connectivity index (χ0n) is 13.6. The Hall–Kier alpha value is -1.98. The Labute approximate surface area is 146 Å². The van der Waals surface area contributed by atoms with Crippen molar-refractivity contribution in [3.63, 3.8) is 0 Å². The molecular weight excluding hydrogens is 320 g/mol. The monoisotopic (exact) mass is 342 g/mol. The normalized spacial score (nSPS) is 20.2. The van der Waals surface area contributed by atoms with E-state index in [0.717, 1.165) is 30.5 Å². The third-order valence-corrected chi connectivity index (χ3v) is 5.07. The first kappa shape index (κ1) is 16.9. The van der Waals surface area contributed by atoms with Crippen molar-refractivity contribution in [1.82, 2.24) is 9.88 Å². The molecule has 2 aromatic heterocycles. The van der Waals surface area contributed by atoms with Gasteiger partial charge >= 0.3 is 0 Å². The van der Waals surface area contributed by atoms with Crippen LogP contribution in [0.3, 0.4) is 0 Å². The van der Waals surface area contributed by atoms with Gasteiger partial charge in [-0.2, -0.15) is 11.3 Å². The molecule has 0 spiro atoms. The maximum Gasteiger partial charge on any atom is 0.227 e. The van der Waals surface area contributed by atoms with Gasteiger partial charge in [0.2, 0.25) is 5.91 Å². The number of rotatable bonds is 7. The number of hydrogen-bond acceptors (Lipinski definition) is 4. The second-order valence-electron chi connectivity index (χ2n) is 5.98. The molecule has 2 aromatic rings. The fraction of sp³-hybridized carbons (Fsp3) is 0.368. The van der Waals surface area contributed by atoms with Gasteiger partial charge in [-0.05, 0) is 46.9 Å². The summed E-state index contributed by atoms with van der Waals surface area (Å²) >= 11 is 1.62. The van der Waals surface area contributed by atoms with Crippen molar-refractivity contribution in [2.24, 2.45) is 0 Å². The van der Waals surface area contributed by atoms with Crippen molar-refractivity contribution in [2.75, 3.05) is 13.2 Å². The Morgan fingerprint density at radius 1 is 1.46 bits per heavy atom. The highest BCUT2D eigenvalue weighted by molar-refractivity contribution is 7.08. The highest BCUT2D eigenvalue weighted by Gasteiger charge is 2.37. The van der Waals surface area contributed by atoms with Gasteiger partial charge in [-0.1, -0.05) is 12.1 Å². The van der Waals surface area contributed by atoms with Crippen molar-refractivity contribution < 1.29 is 9.53 Å². The molecule has 5 heteroatoms. The summed E-state index contributed by atoms with van der Waals surface area (Å²) in [5.41, 5.74) is 2.21. The number of pyridine rings is 1. The molecule has 0 aliphatic carbocycles. The van der Waals surface area contributed by atoms with Crippen LogP contribution in [0.25, 0.3) is 0 Å². The van der Waals surface area contributed by atoms with E-state index in [9.17, 15) is 4.79 Å². The van der Waals surface area contributed by atoms with Crippen molar-refractivity contribution in [1.29, 1.82) is 0 Å². The minimum absolute atomic E-state index is 0.0506. The fourth-order valence-electron chi connectivity index (χ4n) is 3.19. The topological polar surface area (TPSA) is 42.4 Å². The molecule has 3 heterocycles. The largest absolute Gasteiger partial charge is 0.372 e. The van der Waals surface area contributed by atoms with Gasteiger partial charge in [0.1, 0.15) is 0 Å². The fourth-order valence-corrected chi connectivity index (χ4v) is 3.86. The average molecular weight is 342 g/mol. The van der Waals surface area contributed by atoms with Gasteiger partial charge in [-0.25, -0.2) is 0 Å². The SMILES string of the molecule is C=CCO[C@@H]1CCN(C(=O)Cc2ccsc2)[C@H]1Cc1cccnc1. The molecule has 0 bridgehead atoms. The molecule has 1 aliphatic rings. The van der Waals surface area contributed by atoms with Crippen LogP contribution in [0.2, 0.25) is 0 Å². The number of likely N-dealkylation sites (tertiary alicyclic amines) is 1. The van der Waals surface area contributed by atoms with Crippen LogP contribution in [-0.2, 0) is 22.4 Å². The van der Waals surface area contributed by atoms with Gasteiger partial charge in [-0.15, -0.1) is 6.58 Å². The summed E-state index contributed by atoms with van der Waals surface area (Å²) in [6, 6.07) is 6.06. The summed E-state index contributed by atoms with van der Waals surface area (Å²) in [7, 11) is 0. The highest BCUT2D eigenvalue weighted by atomic mass is 32.1. The standard InChI is InChI=1S/C19H22N2O2S/c1-2-9-23-18-5-8-21(19(22)12-16-6-10-24-14-16)17(18)11-15-4-3-7-20-13-15/h2-4,6-7,10,13-14,17-18H,1,5,8-9,11-12H2/t17-,18+/m0/s1. The lowest BCUT2D eigenvalue weighted by Crippen LogP contribution is -2.42. The maximum atomic E-state index is 12.8. The molecule has 0 aromatic carbocycles. The lowest BCUT2D eigenvalue weighted by molar-refractivity contribution is -0.132. The van der Waals surface area contributed by atoms with Crippen LogP contribution < -0.4 is 0 Å². The van der Waals surface area contributed by atoms with E-state index in [1.807, 2.05) is 34.0 Å². The van der Waals surface area contributed by atoms with Gasteiger partial charge in [0, 0.05) is 18.9 Å². The van der Waals surface area contributed by atoms with E-state index in [-0.39, 0.29) is 18.1 Å². The minimum atomic E-state index is 0.0506. The number of carbonyl (C=O) groups excluding carboxylic acids is 1. The molecule has 0 radical (unpaired) electrons. The molecule has 24 heavy (non-hydrogen) atoms. The molecule has 3 rings (SSSR count). The van der Waals surface area contributed by atoms with Gasteiger partial charge in [0.25, 0.3) is 0 Å². The third kappa shape index (κ3) is 4.10. The molecule has 1 saturated heterocycles. The molecule has 4 nitrogen and oxygen atoms in total. The Bertz CT molecular complexity index is 657. The Balaban J connectivity index is 1.73. The first-order valence-electron chi connectivity index (χ1n) is 8.20. The van der Waals surface area contributed by atoms with E-state index in [1.165, 1.54) is 0 Å². The van der Waals surface area contributed by atoms with Crippen LogP contribution >= 0.6 is 11.3 Å². The second-order valence-corrected chi connectivity index (χ2v) is 6.76. The Kier molecular flexibility index (Phi) is 5.77. The predicted molar refractivity (Wildman–Crippen MR) is 96.0 cm³/mol. The van der Waals surface area contributed by atoms with E-state index in [2.05, 4.69) is 17.6 Å². The van der Waals surface area contributed by atoms with E-state index in [0.29, 0.717) is 13.0 Å². The number of thiophene rings is 1. The maximum absolute atomic E-state index is 12.8. The van der Waals surface area contributed by atoms with Crippen molar-refractivity contribution in [3.8, 4) is 0 Å². The second kappa shape index (κ2) is 8.22. The van der Waals surface area contributed by atoms with E-state index in [4.69, 9.17) is 4.74 Å². The number of ether oxygens (including phenoxy) is 1. The summed E-state index contributed by atoms with van der Waals surface area (Å²) in [6.07, 6.45) is 7.54. The van der Waals surface area contributed by atoms with E-state index >= 15 is 0 Å². The molecular formula is C19H22N2O2S. The predicted octanol–water partition coefficient (Wildman–Crippen LogP) is 3.10. The summed E-state index contributed by atoms with van der Waals surface area (Å²) in [5, 5.41) is 4.05. The van der Waals surface area contributed by atoms with Crippen LogP contribution in [0, 0.1) is 0 Å². The summed E-state index contributed by atoms with van der Waals surface area (Å²) in [4.78, 5) is 18.9. The average Bonchev–Trinajstić information content (AvgIpc) is 3.24. The van der Waals surface area contributed by atoms with Crippen LogP contribution in [0.4, 0.5) is 0 Å². The van der Waals surface area contributed by atoms with E-state index < -0.39 is 0 Å². The molecule has 0 saturated carbocycles. The number of aromatic nitrogens is 1. The summed E-state index contributed by atoms with van der Waals surface area (Å²) in [6.45, 7) is 4.98. The molecule has 1 amide bonds. The minimum Gasteiger partial charge on any atom is -0.372 e. The van der Waals surface area contributed by atoms with Crippen molar-refractivity contribution in [2.45, 2.75) is 31.4 Å². The van der Waals surface area contributed by atoms with E-state index in [1.54, 1.807) is 23.6 Å². The van der Waals surface area contributed by atoms with Crippen molar-refractivity contribution in [3.05, 3.63) is 65.1 Å². The van der Waals surface area contributed by atoms with Gasteiger partial charge in [-0.3, -0.25) is 9.78 Å². The highest BCUT2D eigenvalue weighted by Crippen LogP contribution is 2.25. The van der Waals surface area contributed by atoms with Gasteiger partial charge in [0.05, 0.1) is 25.2 Å². The number of carbonyl (C=O) groups is 1. The zero-order chi connectivity index (χ0) is 16.8. The van der Waals surface area contributed by atoms with Crippen LogP contribution in [0.1, 0.15) is 17.5 Å². The molecule has 0 unspecified atom stereocenters. The quantitative estimate of drug-likeness (QED) is 0.726. The molecule has 2 atom stereocenters. The summed E-state index contributed by atoms with van der Waals surface area (Å²) in [5.74, 6) is 0.173. The third-order valence-electron chi connectivity index (χ3n) is 4.34. The first-order chi connectivity index (χ1) is 11.8. The number of hydrogen-bond donors (Lipinski definition) is 0. The number of nitrogens with zero attached hydrogens (tertiary/aromatic N) is 2. The molecule has 1 fully saturated rings. The Morgan fingerprint density at radius 3 is 3.08 bits per heavy atom. The van der Waals surface area contributed by atoms with Crippen LogP contribution in [-0.4, -0.2) is 41.1 Å². The summed E-state index contributed by atoms with van der Waals surface area (Å²) < 4.78 is 5.92.